The maximum atomic E-state index is 12.3. The summed E-state index contributed by atoms with van der Waals surface area (Å²) in [5.41, 5.74) is 1.05. The van der Waals surface area contributed by atoms with Crippen molar-refractivity contribution in [3.8, 4) is 0 Å². The summed E-state index contributed by atoms with van der Waals surface area (Å²) in [4.78, 5) is 28.4. The maximum Gasteiger partial charge on any atom is 0.328 e. The Kier molecular flexibility index (Phi) is 5.23. The molecule has 1 amide bonds. The Morgan fingerprint density at radius 1 is 1.42 bits per heavy atom. The van der Waals surface area contributed by atoms with Gasteiger partial charge in [-0.15, -0.1) is 0 Å². The zero-order valence-electron chi connectivity index (χ0n) is 11.3. The van der Waals surface area contributed by atoms with Gasteiger partial charge < -0.3 is 10.0 Å². The number of nitrogens with zero attached hydrogens (tertiary/aromatic N) is 2. The van der Waals surface area contributed by atoms with Crippen molar-refractivity contribution in [2.45, 2.75) is 26.8 Å². The molecule has 0 radical (unpaired) electrons. The number of carboxylic acid groups (broad SMARTS) is 1. The Balaban J connectivity index is 2.98. The first-order chi connectivity index (χ1) is 8.95. The predicted molar refractivity (Wildman–Crippen MR) is 72.8 cm³/mol. The molecule has 102 valence electrons. The molecule has 0 atom stereocenters. The Labute approximate surface area is 112 Å². The first kappa shape index (κ1) is 14.9. The molecule has 0 saturated carbocycles. The second kappa shape index (κ2) is 6.68. The molecule has 1 rings (SSSR count). The largest absolute Gasteiger partial charge is 0.478 e. The van der Waals surface area contributed by atoms with Crippen molar-refractivity contribution in [3.63, 3.8) is 0 Å². The number of aliphatic carboxylic acids is 1. The molecule has 1 heterocycles. The molecule has 0 spiro atoms. The second-order valence-corrected chi connectivity index (χ2v) is 4.36. The number of carbonyl (C=O) groups excluding carboxylic acids is 1. The van der Waals surface area contributed by atoms with E-state index in [2.05, 4.69) is 4.98 Å². The van der Waals surface area contributed by atoms with E-state index in [9.17, 15) is 9.59 Å². The van der Waals surface area contributed by atoms with Crippen LogP contribution in [-0.4, -0.2) is 39.5 Å². The van der Waals surface area contributed by atoms with Gasteiger partial charge in [-0.3, -0.25) is 9.78 Å². The lowest BCUT2D eigenvalue weighted by Gasteiger charge is -2.25. The Bertz CT molecular complexity index is 495. The molecule has 19 heavy (non-hydrogen) atoms. The standard InChI is InChI=1S/C14H18N2O3/c1-4-16(10(2)3)14(19)12-7-11(8-15-9-12)5-6-13(17)18/h5-10H,4H2,1-3H3,(H,17,18)/b6-5+. The van der Waals surface area contributed by atoms with Crippen LogP contribution in [0.2, 0.25) is 0 Å². The summed E-state index contributed by atoms with van der Waals surface area (Å²) in [6.07, 6.45) is 5.44. The third kappa shape index (κ3) is 4.21. The summed E-state index contributed by atoms with van der Waals surface area (Å²) in [7, 11) is 0. The van der Waals surface area contributed by atoms with Crippen LogP contribution < -0.4 is 0 Å². The highest BCUT2D eigenvalue weighted by Crippen LogP contribution is 2.10. The molecule has 5 heteroatoms. The van der Waals surface area contributed by atoms with Crippen LogP contribution in [0.1, 0.15) is 36.7 Å². The molecule has 1 aromatic rings. The van der Waals surface area contributed by atoms with Crippen LogP contribution in [0.3, 0.4) is 0 Å². The van der Waals surface area contributed by atoms with Crippen molar-refractivity contribution in [3.05, 3.63) is 35.7 Å². The maximum absolute atomic E-state index is 12.3. The second-order valence-electron chi connectivity index (χ2n) is 4.36. The molecule has 0 fully saturated rings. The normalized spacial score (nSPS) is 10.9. The van der Waals surface area contributed by atoms with Crippen molar-refractivity contribution in [2.75, 3.05) is 6.54 Å². The summed E-state index contributed by atoms with van der Waals surface area (Å²) >= 11 is 0. The van der Waals surface area contributed by atoms with Crippen molar-refractivity contribution in [2.24, 2.45) is 0 Å². The molecule has 0 aliphatic heterocycles. The number of carbonyl (C=O) groups is 2. The number of aromatic nitrogens is 1. The fourth-order valence-corrected chi connectivity index (χ4v) is 1.74. The number of rotatable bonds is 5. The third-order valence-corrected chi connectivity index (χ3v) is 2.65. The first-order valence-corrected chi connectivity index (χ1v) is 6.12. The monoisotopic (exact) mass is 262 g/mol. The molecule has 0 unspecified atom stereocenters. The van der Waals surface area contributed by atoms with Gasteiger partial charge in [-0.25, -0.2) is 4.79 Å². The van der Waals surface area contributed by atoms with E-state index in [0.717, 1.165) is 6.08 Å². The SMILES string of the molecule is CCN(C(=O)c1cncc(/C=C/C(=O)O)c1)C(C)C. The predicted octanol–water partition coefficient (Wildman–Crippen LogP) is 2.05. The smallest absolute Gasteiger partial charge is 0.328 e. The van der Waals surface area contributed by atoms with Gasteiger partial charge in [-0.1, -0.05) is 0 Å². The molecule has 5 nitrogen and oxygen atoms in total. The number of hydrogen-bond acceptors (Lipinski definition) is 3. The summed E-state index contributed by atoms with van der Waals surface area (Å²) in [6, 6.07) is 1.75. The summed E-state index contributed by atoms with van der Waals surface area (Å²) in [6.45, 7) is 6.43. The lowest BCUT2D eigenvalue weighted by Crippen LogP contribution is -2.36. The minimum absolute atomic E-state index is 0.101. The fourth-order valence-electron chi connectivity index (χ4n) is 1.74. The van der Waals surface area contributed by atoms with Crippen LogP contribution in [0.15, 0.2) is 24.5 Å². The van der Waals surface area contributed by atoms with E-state index in [0.29, 0.717) is 17.7 Å². The molecule has 0 saturated heterocycles. The van der Waals surface area contributed by atoms with Gasteiger partial charge in [0, 0.05) is 31.1 Å². The first-order valence-electron chi connectivity index (χ1n) is 6.12. The molecular weight excluding hydrogens is 244 g/mol. The number of carboxylic acids is 1. The molecular formula is C14H18N2O3. The van der Waals surface area contributed by atoms with Crippen LogP contribution >= 0.6 is 0 Å². The zero-order valence-corrected chi connectivity index (χ0v) is 11.3. The topological polar surface area (TPSA) is 70.5 Å². The van der Waals surface area contributed by atoms with Crippen molar-refractivity contribution < 1.29 is 14.7 Å². The number of amides is 1. The third-order valence-electron chi connectivity index (χ3n) is 2.65. The summed E-state index contributed by atoms with van der Waals surface area (Å²) in [5, 5.41) is 8.57. The summed E-state index contributed by atoms with van der Waals surface area (Å²) < 4.78 is 0. The van der Waals surface area contributed by atoms with Crippen LogP contribution in [0.5, 0.6) is 0 Å². The number of hydrogen-bond donors (Lipinski definition) is 1. The minimum atomic E-state index is -1.03. The lowest BCUT2D eigenvalue weighted by molar-refractivity contribution is -0.131. The van der Waals surface area contributed by atoms with E-state index in [4.69, 9.17) is 5.11 Å². The van der Waals surface area contributed by atoms with E-state index in [1.54, 1.807) is 11.0 Å². The molecule has 1 N–H and O–H groups in total. The van der Waals surface area contributed by atoms with E-state index < -0.39 is 5.97 Å². The van der Waals surface area contributed by atoms with Crippen molar-refractivity contribution in [1.82, 2.24) is 9.88 Å². The fraction of sp³-hybridized carbons (Fsp3) is 0.357. The van der Waals surface area contributed by atoms with Crippen LogP contribution in [0.4, 0.5) is 0 Å². The van der Waals surface area contributed by atoms with Gasteiger partial charge in [0.25, 0.3) is 5.91 Å². The van der Waals surface area contributed by atoms with E-state index in [1.807, 2.05) is 20.8 Å². The highest BCUT2D eigenvalue weighted by atomic mass is 16.4. The highest BCUT2D eigenvalue weighted by molar-refractivity contribution is 5.95. The Morgan fingerprint density at radius 3 is 2.63 bits per heavy atom. The lowest BCUT2D eigenvalue weighted by atomic mass is 10.1. The molecule has 0 aliphatic rings. The Hall–Kier alpha value is -2.17. The van der Waals surface area contributed by atoms with Gasteiger partial charge in [0.2, 0.25) is 0 Å². The van der Waals surface area contributed by atoms with Crippen molar-refractivity contribution >= 4 is 18.0 Å². The van der Waals surface area contributed by atoms with E-state index in [-0.39, 0.29) is 11.9 Å². The molecule has 0 aliphatic carbocycles. The Morgan fingerprint density at radius 2 is 2.11 bits per heavy atom. The zero-order chi connectivity index (χ0) is 14.4. The van der Waals surface area contributed by atoms with Crippen LogP contribution in [-0.2, 0) is 4.79 Å². The van der Waals surface area contributed by atoms with Gasteiger partial charge >= 0.3 is 5.97 Å². The average Bonchev–Trinajstić information content (AvgIpc) is 2.37. The van der Waals surface area contributed by atoms with Crippen molar-refractivity contribution in [1.29, 1.82) is 0 Å². The quantitative estimate of drug-likeness (QED) is 0.824. The number of pyridine rings is 1. The highest BCUT2D eigenvalue weighted by Gasteiger charge is 2.17. The molecule has 0 aromatic carbocycles. The molecule has 0 bridgehead atoms. The van der Waals surface area contributed by atoms with Crippen LogP contribution in [0, 0.1) is 0 Å². The summed E-state index contributed by atoms with van der Waals surface area (Å²) in [5.74, 6) is -1.13. The average molecular weight is 262 g/mol. The van der Waals surface area contributed by atoms with Gasteiger partial charge in [0.1, 0.15) is 0 Å². The van der Waals surface area contributed by atoms with E-state index in [1.165, 1.54) is 18.5 Å². The van der Waals surface area contributed by atoms with Crippen LogP contribution in [0.25, 0.3) is 6.08 Å². The van der Waals surface area contributed by atoms with Gasteiger partial charge in [-0.05, 0) is 38.5 Å². The molecule has 1 aromatic heterocycles. The van der Waals surface area contributed by atoms with Gasteiger partial charge in [0.15, 0.2) is 0 Å². The van der Waals surface area contributed by atoms with Gasteiger partial charge in [-0.2, -0.15) is 0 Å². The van der Waals surface area contributed by atoms with E-state index >= 15 is 0 Å². The minimum Gasteiger partial charge on any atom is -0.478 e. The van der Waals surface area contributed by atoms with Gasteiger partial charge in [0.05, 0.1) is 5.56 Å².